The van der Waals surface area contributed by atoms with E-state index in [1.165, 1.54) is 16.7 Å². The third kappa shape index (κ3) is 2.89. The Morgan fingerprint density at radius 1 is 1.13 bits per heavy atom. The Hall–Kier alpha value is -2.88. The van der Waals surface area contributed by atoms with Crippen molar-refractivity contribution < 1.29 is 14.6 Å². The molecule has 0 aromatic heterocycles. The van der Waals surface area contributed by atoms with Crippen LogP contribution in [-0.2, 0) is 0 Å². The number of ether oxygens (including phenoxy) is 2. The van der Waals surface area contributed by atoms with Gasteiger partial charge in [0.05, 0.1) is 18.2 Å². The summed E-state index contributed by atoms with van der Waals surface area (Å²) in [5.41, 5.74) is 6.67. The second kappa shape index (κ2) is 6.83. The number of methoxy groups -OCH3 is 1. The average molecular weight is 404 g/mol. The van der Waals surface area contributed by atoms with Gasteiger partial charge < -0.3 is 19.9 Å². The number of phenolic OH excluding ortho intramolecular Hbond substituents is 1. The number of allylic oxidation sites excluding steroid dienone is 3. The molecule has 4 nitrogen and oxygen atoms in total. The fourth-order valence-electron chi connectivity index (χ4n) is 5.39. The zero-order valence-electron chi connectivity index (χ0n) is 18.1. The molecule has 5 rings (SSSR count). The van der Waals surface area contributed by atoms with Crippen LogP contribution in [0.5, 0.6) is 17.2 Å². The molecule has 156 valence electrons. The molecule has 0 fully saturated rings. The normalized spacial score (nSPS) is 23.3. The summed E-state index contributed by atoms with van der Waals surface area (Å²) in [6.45, 7) is 6.57. The largest absolute Gasteiger partial charge is 0.504 e. The van der Waals surface area contributed by atoms with E-state index in [2.05, 4.69) is 56.4 Å². The Bertz CT molecular complexity index is 1080. The molecule has 2 heterocycles. The van der Waals surface area contributed by atoms with Crippen molar-refractivity contribution in [2.75, 3.05) is 12.4 Å². The molecule has 1 aliphatic carbocycles. The second-order valence-electron chi connectivity index (χ2n) is 9.20. The Morgan fingerprint density at radius 2 is 1.97 bits per heavy atom. The van der Waals surface area contributed by atoms with Gasteiger partial charge in [-0.1, -0.05) is 24.3 Å². The molecule has 0 radical (unpaired) electrons. The quantitative estimate of drug-likeness (QED) is 0.565. The van der Waals surface area contributed by atoms with Gasteiger partial charge in [0, 0.05) is 22.7 Å². The highest BCUT2D eigenvalue weighted by molar-refractivity contribution is 5.92. The highest BCUT2D eigenvalue weighted by atomic mass is 16.5. The van der Waals surface area contributed by atoms with Crippen LogP contribution in [0.3, 0.4) is 0 Å². The fraction of sp³-hybridized carbons (Fsp3) is 0.385. The maximum atomic E-state index is 10.5. The average Bonchev–Trinajstić information content (AvgIpc) is 2.72. The maximum Gasteiger partial charge on any atom is 0.172 e. The smallest absolute Gasteiger partial charge is 0.172 e. The summed E-state index contributed by atoms with van der Waals surface area (Å²) in [4.78, 5) is 0. The number of anilines is 1. The van der Waals surface area contributed by atoms with Crippen molar-refractivity contribution in [3.63, 3.8) is 0 Å². The summed E-state index contributed by atoms with van der Waals surface area (Å²) in [5, 5.41) is 14.1. The first kappa shape index (κ1) is 19.1. The third-order valence-electron chi connectivity index (χ3n) is 6.52. The van der Waals surface area contributed by atoms with Gasteiger partial charge in [0.1, 0.15) is 11.9 Å². The monoisotopic (exact) mass is 403 g/mol. The SMILES string of the molecule is COc1c(O)ccc2c1-c1ccc3c(c1[C@H](C1CC=CCC1)O2)C(C)=CC(C)(C)N3. The fourth-order valence-corrected chi connectivity index (χ4v) is 5.39. The van der Waals surface area contributed by atoms with Crippen molar-refractivity contribution in [2.45, 2.75) is 51.7 Å². The van der Waals surface area contributed by atoms with Crippen LogP contribution >= 0.6 is 0 Å². The standard InChI is InChI=1S/C26H29NO3/c1-15-14-26(2,3)27-18-11-10-17-22-20(13-12-19(28)25(22)29-4)30-24(23(17)21(15)18)16-8-6-5-7-9-16/h5-6,10-14,16,24,27-28H,7-9H2,1-4H3/t16?,24-/m0/s1. The summed E-state index contributed by atoms with van der Waals surface area (Å²) in [6.07, 6.45) is 10.0. The number of hydrogen-bond donors (Lipinski definition) is 2. The van der Waals surface area contributed by atoms with Gasteiger partial charge in [0.25, 0.3) is 0 Å². The van der Waals surface area contributed by atoms with Crippen LogP contribution in [0.1, 0.15) is 57.3 Å². The lowest BCUT2D eigenvalue weighted by atomic mass is 9.76. The molecule has 0 spiro atoms. The van der Waals surface area contributed by atoms with Crippen molar-refractivity contribution in [1.29, 1.82) is 0 Å². The predicted molar refractivity (Wildman–Crippen MR) is 121 cm³/mol. The summed E-state index contributed by atoms with van der Waals surface area (Å²) in [7, 11) is 1.60. The van der Waals surface area contributed by atoms with Crippen LogP contribution in [-0.4, -0.2) is 17.8 Å². The number of hydrogen-bond acceptors (Lipinski definition) is 4. The molecule has 0 saturated carbocycles. The number of nitrogens with one attached hydrogen (secondary N) is 1. The van der Waals surface area contributed by atoms with E-state index in [1.54, 1.807) is 13.2 Å². The number of rotatable bonds is 2. The maximum absolute atomic E-state index is 10.5. The first-order valence-electron chi connectivity index (χ1n) is 10.8. The number of phenols is 1. The summed E-state index contributed by atoms with van der Waals surface area (Å²) in [6, 6.07) is 7.84. The van der Waals surface area contributed by atoms with Crippen molar-refractivity contribution in [1.82, 2.24) is 0 Å². The Morgan fingerprint density at radius 3 is 2.70 bits per heavy atom. The molecule has 3 aliphatic rings. The van der Waals surface area contributed by atoms with Crippen LogP contribution in [0.25, 0.3) is 16.7 Å². The van der Waals surface area contributed by atoms with Crippen molar-refractivity contribution in [3.8, 4) is 28.4 Å². The molecular weight excluding hydrogens is 374 g/mol. The minimum absolute atomic E-state index is 0.0342. The van der Waals surface area contributed by atoms with Crippen LogP contribution in [0, 0.1) is 5.92 Å². The van der Waals surface area contributed by atoms with Gasteiger partial charge in [0.2, 0.25) is 0 Å². The third-order valence-corrected chi connectivity index (χ3v) is 6.52. The lowest BCUT2D eigenvalue weighted by Crippen LogP contribution is -2.33. The molecule has 2 N–H and O–H groups in total. The molecular formula is C26H29NO3. The van der Waals surface area contributed by atoms with Gasteiger partial charge in [-0.05, 0) is 69.4 Å². The molecule has 0 bridgehead atoms. The van der Waals surface area contributed by atoms with Gasteiger partial charge in [-0.2, -0.15) is 0 Å². The zero-order chi connectivity index (χ0) is 21.0. The molecule has 2 aromatic carbocycles. The van der Waals surface area contributed by atoms with Gasteiger partial charge in [-0.25, -0.2) is 0 Å². The summed E-state index contributed by atoms with van der Waals surface area (Å²) in [5.74, 6) is 1.80. The van der Waals surface area contributed by atoms with E-state index < -0.39 is 0 Å². The molecule has 0 saturated heterocycles. The first-order chi connectivity index (χ1) is 14.4. The topological polar surface area (TPSA) is 50.7 Å². The van der Waals surface area contributed by atoms with Gasteiger partial charge in [0.15, 0.2) is 11.5 Å². The lowest BCUT2D eigenvalue weighted by molar-refractivity contribution is 0.124. The van der Waals surface area contributed by atoms with Crippen LogP contribution in [0.4, 0.5) is 5.69 Å². The van der Waals surface area contributed by atoms with E-state index in [1.807, 2.05) is 6.07 Å². The Labute approximate surface area is 178 Å². The number of benzene rings is 2. The number of fused-ring (bicyclic) bond motifs is 5. The molecule has 30 heavy (non-hydrogen) atoms. The second-order valence-corrected chi connectivity index (χ2v) is 9.20. The van der Waals surface area contributed by atoms with E-state index in [0.29, 0.717) is 11.7 Å². The van der Waals surface area contributed by atoms with Crippen LogP contribution in [0.15, 0.2) is 42.5 Å². The van der Waals surface area contributed by atoms with E-state index in [9.17, 15) is 5.11 Å². The summed E-state index contributed by atoms with van der Waals surface area (Å²) < 4.78 is 12.3. The Balaban J connectivity index is 1.79. The molecule has 2 atom stereocenters. The van der Waals surface area contributed by atoms with Gasteiger partial charge in [-0.15, -0.1) is 0 Å². The van der Waals surface area contributed by atoms with Crippen molar-refractivity contribution >= 4 is 11.3 Å². The van der Waals surface area contributed by atoms with E-state index in [4.69, 9.17) is 9.47 Å². The summed E-state index contributed by atoms with van der Waals surface area (Å²) >= 11 is 0. The van der Waals surface area contributed by atoms with Crippen LogP contribution < -0.4 is 14.8 Å². The van der Waals surface area contributed by atoms with E-state index in [0.717, 1.165) is 41.8 Å². The highest BCUT2D eigenvalue weighted by Gasteiger charge is 2.38. The molecule has 4 heteroatoms. The van der Waals surface area contributed by atoms with Gasteiger partial charge in [-0.3, -0.25) is 0 Å². The van der Waals surface area contributed by atoms with E-state index in [-0.39, 0.29) is 17.4 Å². The molecule has 0 amide bonds. The predicted octanol–water partition coefficient (Wildman–Crippen LogP) is 6.47. The van der Waals surface area contributed by atoms with Gasteiger partial charge >= 0.3 is 0 Å². The zero-order valence-corrected chi connectivity index (χ0v) is 18.1. The molecule has 2 aromatic rings. The molecule has 1 unspecified atom stereocenters. The first-order valence-corrected chi connectivity index (χ1v) is 10.8. The minimum atomic E-state index is -0.0994. The molecule has 2 aliphatic heterocycles. The van der Waals surface area contributed by atoms with Crippen molar-refractivity contribution in [3.05, 3.63) is 53.6 Å². The number of aromatic hydroxyl groups is 1. The highest BCUT2D eigenvalue weighted by Crippen LogP contribution is 2.56. The van der Waals surface area contributed by atoms with Crippen LogP contribution in [0.2, 0.25) is 0 Å². The Kier molecular flexibility index (Phi) is 4.35. The minimum Gasteiger partial charge on any atom is -0.504 e. The van der Waals surface area contributed by atoms with E-state index >= 15 is 0 Å². The van der Waals surface area contributed by atoms with Crippen molar-refractivity contribution in [2.24, 2.45) is 5.92 Å². The lowest BCUT2D eigenvalue weighted by Gasteiger charge is -2.40.